The number of hydrogen-bond acceptors (Lipinski definition) is 1. The number of hydrogen-bond donors (Lipinski definition) is 1. The average Bonchev–Trinajstić information content (AvgIpc) is 2.36. The highest BCUT2D eigenvalue weighted by molar-refractivity contribution is 6.17. The summed E-state index contributed by atoms with van der Waals surface area (Å²) in [6, 6.07) is 3.37. The van der Waals surface area contributed by atoms with Crippen LogP contribution >= 0.6 is 11.6 Å². The zero-order chi connectivity index (χ0) is 14.3. The Bertz CT molecular complexity index is 400. The molecule has 19 heavy (non-hydrogen) atoms. The van der Waals surface area contributed by atoms with E-state index in [4.69, 9.17) is 11.6 Å². The maximum atomic E-state index is 13.4. The van der Waals surface area contributed by atoms with Crippen molar-refractivity contribution in [3.05, 3.63) is 35.4 Å². The fourth-order valence-electron chi connectivity index (χ4n) is 1.95. The van der Waals surface area contributed by atoms with Crippen LogP contribution in [0.15, 0.2) is 18.2 Å². The van der Waals surface area contributed by atoms with E-state index >= 15 is 0 Å². The quantitative estimate of drug-likeness (QED) is 0.761. The first-order valence-corrected chi connectivity index (χ1v) is 6.91. The molecule has 5 heteroatoms. The highest BCUT2D eigenvalue weighted by Crippen LogP contribution is 2.14. The number of amides is 1. The minimum Gasteiger partial charge on any atom is -0.352 e. The smallest absolute Gasteiger partial charge is 0.257 e. The predicted octanol–water partition coefficient (Wildman–Crippen LogP) is 3.74. The summed E-state index contributed by atoms with van der Waals surface area (Å²) >= 11 is 5.68. The molecule has 0 spiro atoms. The third-order valence-corrected chi connectivity index (χ3v) is 3.17. The molecule has 1 aromatic rings. The van der Waals surface area contributed by atoms with E-state index in [1.54, 1.807) is 0 Å². The van der Waals surface area contributed by atoms with Crippen LogP contribution in [0.4, 0.5) is 8.78 Å². The molecule has 0 fully saturated rings. The molecule has 1 atom stereocenters. The Balaban J connectivity index is 2.64. The molecule has 0 radical (unpaired) electrons. The van der Waals surface area contributed by atoms with Gasteiger partial charge in [0.2, 0.25) is 0 Å². The molecular formula is C14H18ClF2NO. The molecule has 1 rings (SSSR count). The summed E-state index contributed by atoms with van der Waals surface area (Å²) < 4.78 is 26.8. The lowest BCUT2D eigenvalue weighted by molar-refractivity contribution is 0.0937. The molecule has 106 valence electrons. The van der Waals surface area contributed by atoms with Crippen LogP contribution in [0, 0.1) is 17.6 Å². The van der Waals surface area contributed by atoms with Gasteiger partial charge in [-0.3, -0.25) is 4.79 Å². The predicted molar refractivity (Wildman–Crippen MR) is 72.4 cm³/mol. The molecule has 0 aliphatic carbocycles. The van der Waals surface area contributed by atoms with E-state index < -0.39 is 23.1 Å². The van der Waals surface area contributed by atoms with Gasteiger partial charge in [0.05, 0.1) is 0 Å². The minimum absolute atomic E-state index is 0.237. The molecule has 0 aromatic heterocycles. The Morgan fingerprint density at radius 3 is 2.47 bits per heavy atom. The van der Waals surface area contributed by atoms with Crippen molar-refractivity contribution in [2.24, 2.45) is 5.92 Å². The van der Waals surface area contributed by atoms with Crippen LogP contribution < -0.4 is 5.32 Å². The lowest BCUT2D eigenvalue weighted by Gasteiger charge is -2.15. The molecule has 1 amide bonds. The first kappa shape index (κ1) is 15.9. The number of carbonyl (C=O) groups excluding carboxylic acids is 1. The summed E-state index contributed by atoms with van der Waals surface area (Å²) in [4.78, 5) is 11.8. The largest absolute Gasteiger partial charge is 0.352 e. The Labute approximate surface area is 117 Å². The number of alkyl halides is 1. The van der Waals surface area contributed by atoms with Crippen LogP contribution in [0.3, 0.4) is 0 Å². The van der Waals surface area contributed by atoms with E-state index in [0.717, 1.165) is 31.4 Å². The molecule has 0 saturated carbocycles. The van der Waals surface area contributed by atoms with Gasteiger partial charge < -0.3 is 5.32 Å². The standard InChI is InChI=1S/C14H18ClF2NO/c1-2-4-10(7-8-15)9-18-14(19)13-11(16)5-3-6-12(13)17/h3,5-6,10H,2,4,7-9H2,1H3,(H,18,19). The highest BCUT2D eigenvalue weighted by Gasteiger charge is 2.17. The summed E-state index contributed by atoms with van der Waals surface area (Å²) in [6.45, 7) is 2.42. The van der Waals surface area contributed by atoms with Gasteiger partial charge in [-0.15, -0.1) is 11.6 Å². The number of carbonyl (C=O) groups is 1. The van der Waals surface area contributed by atoms with Gasteiger partial charge in [0.25, 0.3) is 5.91 Å². The molecule has 1 aromatic carbocycles. The average molecular weight is 290 g/mol. The van der Waals surface area contributed by atoms with Crippen molar-refractivity contribution in [1.29, 1.82) is 0 Å². The molecule has 0 heterocycles. The normalized spacial score (nSPS) is 12.2. The van der Waals surface area contributed by atoms with Gasteiger partial charge in [-0.1, -0.05) is 19.4 Å². The van der Waals surface area contributed by atoms with Crippen LogP contribution in [-0.2, 0) is 0 Å². The van der Waals surface area contributed by atoms with Gasteiger partial charge in [-0.25, -0.2) is 8.78 Å². The van der Waals surface area contributed by atoms with Gasteiger partial charge in [0.15, 0.2) is 0 Å². The van der Waals surface area contributed by atoms with Crippen LogP contribution in [0.1, 0.15) is 36.5 Å². The summed E-state index contributed by atoms with van der Waals surface area (Å²) in [6.07, 6.45) is 2.67. The fourth-order valence-corrected chi connectivity index (χ4v) is 2.26. The fraction of sp³-hybridized carbons (Fsp3) is 0.500. The van der Waals surface area contributed by atoms with Crippen molar-refractivity contribution in [2.75, 3.05) is 12.4 Å². The van der Waals surface area contributed by atoms with Crippen molar-refractivity contribution < 1.29 is 13.6 Å². The number of rotatable bonds is 7. The van der Waals surface area contributed by atoms with E-state index in [0.29, 0.717) is 12.4 Å². The number of benzene rings is 1. The monoisotopic (exact) mass is 289 g/mol. The summed E-state index contributed by atoms with van der Waals surface area (Å²) in [7, 11) is 0. The SMILES string of the molecule is CCCC(CCCl)CNC(=O)c1c(F)cccc1F. The molecule has 0 aliphatic rings. The van der Waals surface area contributed by atoms with Crippen LogP contribution in [0.25, 0.3) is 0 Å². The van der Waals surface area contributed by atoms with E-state index in [2.05, 4.69) is 5.32 Å². The number of nitrogens with one attached hydrogen (secondary N) is 1. The maximum Gasteiger partial charge on any atom is 0.257 e. The van der Waals surface area contributed by atoms with Gasteiger partial charge >= 0.3 is 0 Å². The summed E-state index contributed by atoms with van der Waals surface area (Å²) in [5.74, 6) is -1.66. The van der Waals surface area contributed by atoms with Crippen LogP contribution in [0.2, 0.25) is 0 Å². The van der Waals surface area contributed by atoms with E-state index in [9.17, 15) is 13.6 Å². The van der Waals surface area contributed by atoms with Crippen molar-refractivity contribution in [3.8, 4) is 0 Å². The molecular weight excluding hydrogens is 272 g/mol. The highest BCUT2D eigenvalue weighted by atomic mass is 35.5. The topological polar surface area (TPSA) is 29.1 Å². The Kier molecular flexibility index (Phi) is 6.78. The molecule has 0 aliphatic heterocycles. The van der Waals surface area contributed by atoms with Crippen molar-refractivity contribution >= 4 is 17.5 Å². The van der Waals surface area contributed by atoms with E-state index in [-0.39, 0.29) is 5.92 Å². The Morgan fingerprint density at radius 1 is 1.32 bits per heavy atom. The minimum atomic E-state index is -0.845. The van der Waals surface area contributed by atoms with Crippen molar-refractivity contribution in [1.82, 2.24) is 5.32 Å². The Hall–Kier alpha value is -1.16. The molecule has 1 unspecified atom stereocenters. The molecule has 2 nitrogen and oxygen atoms in total. The first-order valence-electron chi connectivity index (χ1n) is 6.38. The number of halogens is 3. The zero-order valence-corrected chi connectivity index (χ0v) is 11.6. The van der Waals surface area contributed by atoms with E-state index in [1.165, 1.54) is 6.07 Å². The lowest BCUT2D eigenvalue weighted by Crippen LogP contribution is -2.31. The van der Waals surface area contributed by atoms with Gasteiger partial charge in [0, 0.05) is 12.4 Å². The second-order valence-electron chi connectivity index (χ2n) is 4.44. The summed E-state index contributed by atoms with van der Waals surface area (Å²) in [5.41, 5.74) is -0.524. The molecule has 0 saturated heterocycles. The second-order valence-corrected chi connectivity index (χ2v) is 4.82. The van der Waals surface area contributed by atoms with E-state index in [1.807, 2.05) is 6.92 Å². The maximum absolute atomic E-state index is 13.4. The second kappa shape index (κ2) is 8.10. The first-order chi connectivity index (χ1) is 9.10. The Morgan fingerprint density at radius 2 is 1.95 bits per heavy atom. The van der Waals surface area contributed by atoms with Crippen LogP contribution in [-0.4, -0.2) is 18.3 Å². The van der Waals surface area contributed by atoms with Crippen molar-refractivity contribution in [2.45, 2.75) is 26.2 Å². The third-order valence-electron chi connectivity index (χ3n) is 2.96. The van der Waals surface area contributed by atoms with Gasteiger partial charge in [-0.2, -0.15) is 0 Å². The zero-order valence-electron chi connectivity index (χ0n) is 10.9. The van der Waals surface area contributed by atoms with Crippen LogP contribution in [0.5, 0.6) is 0 Å². The van der Waals surface area contributed by atoms with Gasteiger partial charge in [-0.05, 0) is 30.9 Å². The van der Waals surface area contributed by atoms with Gasteiger partial charge in [0.1, 0.15) is 17.2 Å². The molecule has 0 bridgehead atoms. The van der Waals surface area contributed by atoms with Crippen molar-refractivity contribution in [3.63, 3.8) is 0 Å². The lowest BCUT2D eigenvalue weighted by atomic mass is 10.0. The molecule has 1 N–H and O–H groups in total. The summed E-state index contributed by atoms with van der Waals surface area (Å²) in [5, 5.41) is 2.57. The third kappa shape index (κ3) is 4.78.